The fourth-order valence-corrected chi connectivity index (χ4v) is 5.77. The molecule has 0 aromatic heterocycles. The number of hydrogen-bond acceptors (Lipinski definition) is 6. The van der Waals surface area contributed by atoms with E-state index in [0.29, 0.717) is 61.3 Å². The molecule has 1 aliphatic carbocycles. The Labute approximate surface area is 203 Å². The van der Waals surface area contributed by atoms with Crippen molar-refractivity contribution in [3.8, 4) is 0 Å². The highest BCUT2D eigenvalue weighted by Gasteiger charge is 2.50. The highest BCUT2D eigenvalue weighted by Crippen LogP contribution is 2.43. The molecule has 3 fully saturated rings. The van der Waals surface area contributed by atoms with Crippen LogP contribution in [0.3, 0.4) is 0 Å². The first-order valence-corrected chi connectivity index (χ1v) is 12.1. The third-order valence-electron chi connectivity index (χ3n) is 7.40. The number of piperazine rings is 1. The summed E-state index contributed by atoms with van der Waals surface area (Å²) in [6, 6.07) is 12.4. The molecule has 0 spiro atoms. The molecule has 8 nitrogen and oxygen atoms in total. The number of nitrogens with zero attached hydrogens (tertiary/aromatic N) is 4. The first-order chi connectivity index (χ1) is 16.3. The SMILES string of the molecule is CC1CCC2C(=O)N(c3ccc(N4CCN(c5cccc(Cl)c5)CC4)c([N+](=O)[O-])c3)C(=O)C2C1. The number of rotatable bonds is 4. The predicted molar refractivity (Wildman–Crippen MR) is 131 cm³/mol. The van der Waals surface area contributed by atoms with Crippen LogP contribution in [0.1, 0.15) is 26.2 Å². The molecule has 9 heteroatoms. The second-order valence-electron chi connectivity index (χ2n) is 9.53. The largest absolute Gasteiger partial charge is 0.368 e. The minimum Gasteiger partial charge on any atom is -0.368 e. The van der Waals surface area contributed by atoms with E-state index < -0.39 is 4.92 Å². The van der Waals surface area contributed by atoms with Gasteiger partial charge in [0.25, 0.3) is 5.69 Å². The molecule has 2 heterocycles. The molecule has 1 saturated carbocycles. The summed E-state index contributed by atoms with van der Waals surface area (Å²) >= 11 is 6.12. The first-order valence-electron chi connectivity index (χ1n) is 11.7. The van der Waals surface area contributed by atoms with Crippen molar-refractivity contribution in [2.75, 3.05) is 40.9 Å². The van der Waals surface area contributed by atoms with Gasteiger partial charge in [-0.1, -0.05) is 24.6 Å². The second kappa shape index (κ2) is 8.91. The molecule has 2 aromatic carbocycles. The van der Waals surface area contributed by atoms with Crippen LogP contribution in [0.25, 0.3) is 0 Å². The lowest BCUT2D eigenvalue weighted by Crippen LogP contribution is -2.46. The molecular formula is C25H27ClN4O4. The first kappa shape index (κ1) is 22.7. The average Bonchev–Trinajstić information content (AvgIpc) is 3.08. The standard InChI is InChI=1S/C25H27ClN4O4/c1-16-5-7-20-21(13-16)25(32)29(24(20)31)19-6-8-22(23(15-19)30(33)34)28-11-9-27(10-12-28)18-4-2-3-17(26)14-18/h2-4,6,8,14-16,20-21H,5,7,9-13H2,1H3. The van der Waals surface area contributed by atoms with Gasteiger partial charge in [-0.05, 0) is 55.5 Å². The van der Waals surface area contributed by atoms with Crippen molar-refractivity contribution in [3.05, 3.63) is 57.6 Å². The lowest BCUT2D eigenvalue weighted by molar-refractivity contribution is -0.384. The van der Waals surface area contributed by atoms with E-state index in [-0.39, 0.29) is 29.3 Å². The van der Waals surface area contributed by atoms with Gasteiger partial charge in [-0.2, -0.15) is 0 Å². The zero-order chi connectivity index (χ0) is 24.0. The molecule has 5 rings (SSSR count). The molecule has 0 bridgehead atoms. The van der Waals surface area contributed by atoms with Crippen molar-refractivity contribution >= 4 is 46.2 Å². The van der Waals surface area contributed by atoms with Crippen molar-refractivity contribution in [2.45, 2.75) is 26.2 Å². The fraction of sp³-hybridized carbons (Fsp3) is 0.440. The van der Waals surface area contributed by atoms with Crippen LogP contribution in [0.4, 0.5) is 22.7 Å². The number of amides is 2. The molecule has 3 atom stereocenters. The number of hydrogen-bond donors (Lipinski definition) is 0. The van der Waals surface area contributed by atoms with Gasteiger partial charge in [-0.25, -0.2) is 4.90 Å². The average molecular weight is 483 g/mol. The highest BCUT2D eigenvalue weighted by atomic mass is 35.5. The Bertz CT molecular complexity index is 1150. The predicted octanol–water partition coefficient (Wildman–Crippen LogP) is 4.50. The topological polar surface area (TPSA) is 87.0 Å². The Hall–Kier alpha value is -3.13. The Balaban J connectivity index is 1.37. The summed E-state index contributed by atoms with van der Waals surface area (Å²) in [5, 5.41) is 12.6. The van der Waals surface area contributed by atoms with Crippen LogP contribution in [0.15, 0.2) is 42.5 Å². The van der Waals surface area contributed by atoms with Crippen LogP contribution in [0.5, 0.6) is 0 Å². The summed E-state index contributed by atoms with van der Waals surface area (Å²) < 4.78 is 0. The molecule has 0 radical (unpaired) electrons. The van der Waals surface area contributed by atoms with Crippen molar-refractivity contribution in [2.24, 2.45) is 17.8 Å². The maximum Gasteiger partial charge on any atom is 0.294 e. The maximum absolute atomic E-state index is 13.1. The number of imide groups is 1. The molecule has 0 N–H and O–H groups in total. The summed E-state index contributed by atoms with van der Waals surface area (Å²) in [6.45, 7) is 4.71. The normalized spacial score (nSPS) is 25.0. The monoisotopic (exact) mass is 482 g/mol. The van der Waals surface area contributed by atoms with Crippen LogP contribution in [-0.2, 0) is 9.59 Å². The summed E-state index contributed by atoms with van der Waals surface area (Å²) in [5.41, 5.74) is 1.74. The number of nitro benzene ring substituents is 1. The zero-order valence-corrected chi connectivity index (χ0v) is 19.8. The van der Waals surface area contributed by atoms with Crippen LogP contribution in [-0.4, -0.2) is 42.9 Å². The quantitative estimate of drug-likeness (QED) is 0.362. The molecule has 3 aliphatic rings. The summed E-state index contributed by atoms with van der Waals surface area (Å²) in [7, 11) is 0. The van der Waals surface area contributed by atoms with Gasteiger partial charge in [0, 0.05) is 43.0 Å². The smallest absolute Gasteiger partial charge is 0.294 e. The van der Waals surface area contributed by atoms with Gasteiger partial charge in [0.15, 0.2) is 0 Å². The summed E-state index contributed by atoms with van der Waals surface area (Å²) in [4.78, 5) is 43.0. The van der Waals surface area contributed by atoms with Gasteiger partial charge in [-0.15, -0.1) is 0 Å². The van der Waals surface area contributed by atoms with E-state index in [1.807, 2.05) is 29.2 Å². The molecular weight excluding hydrogens is 456 g/mol. The van der Waals surface area contributed by atoms with Gasteiger partial charge in [0.1, 0.15) is 5.69 Å². The molecule has 178 valence electrons. The lowest BCUT2D eigenvalue weighted by atomic mass is 9.76. The van der Waals surface area contributed by atoms with Gasteiger partial charge < -0.3 is 9.80 Å². The number of carbonyl (C=O) groups is 2. The number of anilines is 3. The number of halogens is 1. The van der Waals surface area contributed by atoms with E-state index in [0.717, 1.165) is 12.1 Å². The van der Waals surface area contributed by atoms with Gasteiger partial charge in [-0.3, -0.25) is 19.7 Å². The molecule has 2 saturated heterocycles. The van der Waals surface area contributed by atoms with Crippen LogP contribution >= 0.6 is 11.6 Å². The Morgan fingerprint density at radius 3 is 2.32 bits per heavy atom. The third kappa shape index (κ3) is 4.00. The van der Waals surface area contributed by atoms with Crippen LogP contribution in [0, 0.1) is 27.9 Å². The Kier molecular flexibility index (Phi) is 5.93. The summed E-state index contributed by atoms with van der Waals surface area (Å²) in [6.07, 6.45) is 2.32. The van der Waals surface area contributed by atoms with Gasteiger partial charge >= 0.3 is 0 Å². The number of nitro groups is 1. The maximum atomic E-state index is 13.1. The summed E-state index contributed by atoms with van der Waals surface area (Å²) in [5.74, 6) is -0.658. The van der Waals surface area contributed by atoms with E-state index in [1.165, 1.54) is 11.0 Å². The molecule has 34 heavy (non-hydrogen) atoms. The fourth-order valence-electron chi connectivity index (χ4n) is 5.59. The highest BCUT2D eigenvalue weighted by molar-refractivity contribution is 6.30. The van der Waals surface area contributed by atoms with Crippen molar-refractivity contribution in [1.82, 2.24) is 0 Å². The van der Waals surface area contributed by atoms with E-state index >= 15 is 0 Å². The zero-order valence-electron chi connectivity index (χ0n) is 19.0. The van der Waals surface area contributed by atoms with Crippen LogP contribution < -0.4 is 14.7 Å². The van der Waals surface area contributed by atoms with E-state index in [1.54, 1.807) is 12.1 Å². The Morgan fingerprint density at radius 2 is 1.62 bits per heavy atom. The van der Waals surface area contributed by atoms with Gasteiger partial charge in [0.05, 0.1) is 22.4 Å². The molecule has 2 amide bonds. The second-order valence-corrected chi connectivity index (χ2v) is 9.96. The van der Waals surface area contributed by atoms with E-state index in [2.05, 4.69) is 11.8 Å². The van der Waals surface area contributed by atoms with Crippen molar-refractivity contribution < 1.29 is 14.5 Å². The van der Waals surface area contributed by atoms with E-state index in [9.17, 15) is 19.7 Å². The van der Waals surface area contributed by atoms with E-state index in [4.69, 9.17) is 11.6 Å². The van der Waals surface area contributed by atoms with Crippen molar-refractivity contribution in [3.63, 3.8) is 0 Å². The van der Waals surface area contributed by atoms with Gasteiger partial charge in [0.2, 0.25) is 11.8 Å². The minimum atomic E-state index is -0.428. The van der Waals surface area contributed by atoms with Crippen molar-refractivity contribution in [1.29, 1.82) is 0 Å². The lowest BCUT2D eigenvalue weighted by Gasteiger charge is -2.37. The minimum absolute atomic E-state index is 0.0856. The molecule has 2 aliphatic heterocycles. The van der Waals surface area contributed by atoms with Crippen LogP contribution in [0.2, 0.25) is 5.02 Å². The number of carbonyl (C=O) groups excluding carboxylic acids is 2. The molecule has 3 unspecified atom stereocenters. The molecule has 2 aromatic rings. The number of fused-ring (bicyclic) bond motifs is 1. The Morgan fingerprint density at radius 1 is 0.912 bits per heavy atom. The number of benzene rings is 2. The third-order valence-corrected chi connectivity index (χ3v) is 7.63.